The minimum Gasteiger partial charge on any atom is -0.442 e. The summed E-state index contributed by atoms with van der Waals surface area (Å²) in [6, 6.07) is 2.23. The third-order valence-corrected chi connectivity index (χ3v) is 7.99. The molecule has 1 aromatic carbocycles. The van der Waals surface area contributed by atoms with E-state index in [-0.39, 0.29) is 49.1 Å². The SMILES string of the molecule is CNC(=O)C(CCC=O)N1Cc2ccc(CNC(=O)OCc3nc4c(s3)CCC(C)(C)C4)c(F)c2C1=O. The normalized spacial score (nSPS) is 16.5. The predicted molar refractivity (Wildman–Crippen MR) is 134 cm³/mol. The van der Waals surface area contributed by atoms with E-state index in [9.17, 15) is 19.2 Å². The Balaban J connectivity index is 1.36. The van der Waals surface area contributed by atoms with Crippen molar-refractivity contribution in [3.8, 4) is 0 Å². The van der Waals surface area contributed by atoms with Gasteiger partial charge in [0, 0.05) is 37.0 Å². The fourth-order valence-electron chi connectivity index (χ4n) is 4.80. The van der Waals surface area contributed by atoms with Crippen molar-refractivity contribution in [3.05, 3.63) is 50.2 Å². The molecule has 0 spiro atoms. The zero-order valence-corrected chi connectivity index (χ0v) is 22.0. The summed E-state index contributed by atoms with van der Waals surface area (Å²) in [5.41, 5.74) is 1.74. The molecule has 0 saturated heterocycles. The molecule has 2 heterocycles. The highest BCUT2D eigenvalue weighted by Gasteiger charge is 2.38. The Morgan fingerprint density at radius 1 is 1.35 bits per heavy atom. The topological polar surface area (TPSA) is 118 Å². The molecule has 1 aliphatic heterocycles. The Kier molecular flexibility index (Phi) is 7.91. The van der Waals surface area contributed by atoms with Gasteiger partial charge in [-0.1, -0.05) is 26.0 Å². The van der Waals surface area contributed by atoms with Gasteiger partial charge in [0.25, 0.3) is 5.91 Å². The van der Waals surface area contributed by atoms with Crippen LogP contribution in [0.3, 0.4) is 0 Å². The van der Waals surface area contributed by atoms with E-state index in [1.807, 2.05) is 0 Å². The summed E-state index contributed by atoms with van der Waals surface area (Å²) >= 11 is 1.55. The summed E-state index contributed by atoms with van der Waals surface area (Å²) in [6.45, 7) is 4.36. The number of ether oxygens (including phenoxy) is 1. The summed E-state index contributed by atoms with van der Waals surface area (Å²) in [5, 5.41) is 5.75. The Labute approximate surface area is 218 Å². The average molecular weight is 531 g/mol. The number of aldehydes is 1. The summed E-state index contributed by atoms with van der Waals surface area (Å²) in [6.07, 6.45) is 3.18. The first kappa shape index (κ1) is 26.7. The van der Waals surface area contributed by atoms with Gasteiger partial charge in [-0.05, 0) is 36.7 Å². The number of aryl methyl sites for hydroxylation is 1. The lowest BCUT2D eigenvalue weighted by molar-refractivity contribution is -0.125. The predicted octanol–water partition coefficient (Wildman–Crippen LogP) is 3.27. The van der Waals surface area contributed by atoms with Crippen molar-refractivity contribution >= 4 is 35.5 Å². The minimum atomic E-state index is -0.881. The van der Waals surface area contributed by atoms with Crippen LogP contribution in [-0.4, -0.2) is 47.2 Å². The first-order valence-electron chi connectivity index (χ1n) is 12.3. The van der Waals surface area contributed by atoms with Crippen molar-refractivity contribution < 1.29 is 28.3 Å². The van der Waals surface area contributed by atoms with E-state index in [4.69, 9.17) is 4.74 Å². The number of hydrogen-bond donors (Lipinski definition) is 2. The molecule has 4 rings (SSSR count). The Morgan fingerprint density at radius 2 is 2.14 bits per heavy atom. The lowest BCUT2D eigenvalue weighted by atomic mass is 9.79. The van der Waals surface area contributed by atoms with Crippen LogP contribution in [0.1, 0.15) is 70.2 Å². The number of benzene rings is 1. The molecule has 37 heavy (non-hydrogen) atoms. The number of halogens is 1. The number of carbonyl (C=O) groups is 4. The van der Waals surface area contributed by atoms with Crippen molar-refractivity contribution in [2.24, 2.45) is 5.41 Å². The number of nitrogens with zero attached hydrogens (tertiary/aromatic N) is 2. The number of aromatic nitrogens is 1. The Hall–Kier alpha value is -3.34. The monoisotopic (exact) mass is 530 g/mol. The summed E-state index contributed by atoms with van der Waals surface area (Å²) in [4.78, 5) is 55.5. The van der Waals surface area contributed by atoms with Crippen LogP contribution < -0.4 is 10.6 Å². The van der Waals surface area contributed by atoms with E-state index >= 15 is 4.39 Å². The third kappa shape index (κ3) is 5.82. The van der Waals surface area contributed by atoms with Gasteiger partial charge in [-0.2, -0.15) is 0 Å². The molecule has 11 heteroatoms. The second-order valence-electron chi connectivity index (χ2n) is 10.1. The maximum Gasteiger partial charge on any atom is 0.407 e. The van der Waals surface area contributed by atoms with Crippen molar-refractivity contribution in [1.82, 2.24) is 20.5 Å². The molecule has 2 aliphatic rings. The highest BCUT2D eigenvalue weighted by atomic mass is 32.1. The molecule has 1 aromatic heterocycles. The number of amides is 3. The zero-order valence-electron chi connectivity index (χ0n) is 21.2. The number of carbonyl (C=O) groups excluding carboxylic acids is 4. The molecule has 198 valence electrons. The lowest BCUT2D eigenvalue weighted by Crippen LogP contribution is -2.46. The van der Waals surface area contributed by atoms with Gasteiger partial charge < -0.3 is 25.1 Å². The summed E-state index contributed by atoms with van der Waals surface area (Å²) < 4.78 is 20.6. The lowest BCUT2D eigenvalue weighted by Gasteiger charge is -2.28. The van der Waals surface area contributed by atoms with Crippen molar-refractivity contribution in [2.45, 2.75) is 71.7 Å². The van der Waals surface area contributed by atoms with Gasteiger partial charge in [-0.15, -0.1) is 11.3 Å². The molecule has 0 radical (unpaired) electrons. The molecule has 1 unspecified atom stereocenters. The van der Waals surface area contributed by atoms with Gasteiger partial charge in [0.1, 0.15) is 29.8 Å². The molecular weight excluding hydrogens is 499 g/mol. The number of rotatable bonds is 9. The highest BCUT2D eigenvalue weighted by molar-refractivity contribution is 7.11. The van der Waals surface area contributed by atoms with Crippen molar-refractivity contribution in [1.29, 1.82) is 0 Å². The van der Waals surface area contributed by atoms with Gasteiger partial charge >= 0.3 is 6.09 Å². The van der Waals surface area contributed by atoms with Crippen LogP contribution in [0.5, 0.6) is 0 Å². The van der Waals surface area contributed by atoms with Crippen LogP contribution in [0.15, 0.2) is 12.1 Å². The largest absolute Gasteiger partial charge is 0.442 e. The number of nitrogens with one attached hydrogen (secondary N) is 2. The number of fused-ring (bicyclic) bond motifs is 2. The maximum absolute atomic E-state index is 15.3. The first-order valence-corrected chi connectivity index (χ1v) is 13.1. The van der Waals surface area contributed by atoms with E-state index in [0.29, 0.717) is 11.8 Å². The van der Waals surface area contributed by atoms with Crippen molar-refractivity contribution in [3.63, 3.8) is 0 Å². The standard InChI is InChI=1S/C26H31FN4O5S/c1-26(2)9-8-19-17(11-26)30-20(37-19)14-36-25(35)29-12-15-6-7-16-13-31(24(34)21(16)22(15)27)18(5-4-10-32)23(33)28-3/h6-7,10,18H,4-5,8-9,11-14H2,1-3H3,(H,28,33)(H,29,35). The molecule has 0 fully saturated rings. The second-order valence-corrected chi connectivity index (χ2v) is 11.3. The van der Waals surface area contributed by atoms with Crippen LogP contribution >= 0.6 is 11.3 Å². The Bertz CT molecular complexity index is 1230. The quantitative estimate of drug-likeness (QED) is 0.481. The minimum absolute atomic E-state index is 0.0334. The van der Waals surface area contributed by atoms with E-state index in [2.05, 4.69) is 29.5 Å². The maximum atomic E-state index is 15.3. The van der Waals surface area contributed by atoms with Crippen LogP contribution in [-0.2, 0) is 46.9 Å². The molecule has 2 N–H and O–H groups in total. The van der Waals surface area contributed by atoms with Crippen LogP contribution in [0.25, 0.3) is 0 Å². The highest BCUT2D eigenvalue weighted by Crippen LogP contribution is 2.37. The van der Waals surface area contributed by atoms with Crippen LogP contribution in [0.4, 0.5) is 9.18 Å². The molecular formula is C26H31FN4O5S. The molecule has 1 atom stereocenters. The van der Waals surface area contributed by atoms with Gasteiger partial charge in [-0.25, -0.2) is 14.2 Å². The molecule has 9 nitrogen and oxygen atoms in total. The van der Waals surface area contributed by atoms with Gasteiger partial charge in [-0.3, -0.25) is 9.59 Å². The number of thiazole rings is 1. The smallest absolute Gasteiger partial charge is 0.407 e. The average Bonchev–Trinajstić information content (AvgIpc) is 3.42. The second kappa shape index (κ2) is 11.0. The fourth-order valence-corrected chi connectivity index (χ4v) is 5.80. The van der Waals surface area contributed by atoms with Gasteiger partial charge in [0.15, 0.2) is 0 Å². The summed E-state index contributed by atoms with van der Waals surface area (Å²) in [7, 11) is 1.44. The molecule has 1 aliphatic carbocycles. The van der Waals surface area contributed by atoms with Gasteiger partial charge in [0.05, 0.1) is 11.3 Å². The fraction of sp³-hybridized carbons (Fsp3) is 0.500. The van der Waals surface area contributed by atoms with Crippen molar-refractivity contribution in [2.75, 3.05) is 7.05 Å². The molecule has 0 saturated carbocycles. The number of alkyl carbamates (subject to hydrolysis) is 1. The van der Waals surface area contributed by atoms with E-state index in [1.165, 1.54) is 22.9 Å². The molecule has 0 bridgehead atoms. The zero-order chi connectivity index (χ0) is 26.7. The Morgan fingerprint density at radius 3 is 2.86 bits per heavy atom. The van der Waals surface area contributed by atoms with E-state index < -0.39 is 29.8 Å². The van der Waals surface area contributed by atoms with E-state index in [0.717, 1.165) is 30.0 Å². The third-order valence-electron chi connectivity index (χ3n) is 6.85. The first-order chi connectivity index (χ1) is 17.6. The number of likely N-dealkylation sites (N-methyl/N-ethyl adjacent to an activating group) is 1. The van der Waals surface area contributed by atoms with Crippen LogP contribution in [0.2, 0.25) is 0 Å². The van der Waals surface area contributed by atoms with Crippen LogP contribution in [0, 0.1) is 11.2 Å². The van der Waals surface area contributed by atoms with Gasteiger partial charge in [0.2, 0.25) is 5.91 Å². The number of hydrogen-bond acceptors (Lipinski definition) is 7. The summed E-state index contributed by atoms with van der Waals surface area (Å²) in [5.74, 6) is -1.78. The molecule has 3 amide bonds. The van der Waals surface area contributed by atoms with E-state index in [1.54, 1.807) is 17.4 Å². The molecule has 2 aromatic rings.